The predicted octanol–water partition coefficient (Wildman–Crippen LogP) is 3.57. The minimum atomic E-state index is -0.795. The highest BCUT2D eigenvalue weighted by Crippen LogP contribution is 2.21. The van der Waals surface area contributed by atoms with Gasteiger partial charge in [-0.2, -0.15) is 0 Å². The Kier molecular flexibility index (Phi) is 4.63. The van der Waals surface area contributed by atoms with Crippen molar-refractivity contribution in [3.8, 4) is 0 Å². The highest BCUT2D eigenvalue weighted by Gasteiger charge is 2.09. The lowest BCUT2D eigenvalue weighted by molar-refractivity contribution is -0.136. The molecule has 0 heterocycles. The number of nitrogens with zero attached hydrogens (tertiary/aromatic N) is 1. The molecule has 2 aromatic carbocycles. The van der Waals surface area contributed by atoms with Crippen molar-refractivity contribution in [3.05, 3.63) is 64.7 Å². The summed E-state index contributed by atoms with van der Waals surface area (Å²) in [6, 6.07) is 14.2. The van der Waals surface area contributed by atoms with E-state index in [-0.39, 0.29) is 6.42 Å². The smallest absolute Gasteiger partial charge is 0.307 e. The van der Waals surface area contributed by atoms with E-state index in [9.17, 15) is 4.79 Å². The molecule has 2 rings (SSSR count). The van der Waals surface area contributed by atoms with Gasteiger partial charge >= 0.3 is 5.97 Å². The monoisotopic (exact) mass is 283 g/mol. The van der Waals surface area contributed by atoms with Crippen LogP contribution in [0.4, 0.5) is 5.69 Å². The third kappa shape index (κ3) is 4.09. The molecule has 0 spiro atoms. The van der Waals surface area contributed by atoms with Gasteiger partial charge in [-0.1, -0.05) is 30.3 Å². The van der Waals surface area contributed by atoms with E-state index in [1.807, 2.05) is 31.3 Å². The average Bonchev–Trinajstić information content (AvgIpc) is 2.39. The lowest BCUT2D eigenvalue weighted by atomic mass is 10.0. The van der Waals surface area contributed by atoms with Gasteiger partial charge in [-0.25, -0.2) is 0 Å². The minimum absolute atomic E-state index is 0.0663. The molecule has 0 radical (unpaired) electrons. The summed E-state index contributed by atoms with van der Waals surface area (Å²) in [5.74, 6) is -0.795. The SMILES string of the molecule is Cc1cc(C)cc(N(C)Cc2ccccc2CC(=O)O)c1. The maximum Gasteiger partial charge on any atom is 0.307 e. The Morgan fingerprint density at radius 1 is 1.05 bits per heavy atom. The van der Waals surface area contributed by atoms with Crippen molar-refractivity contribution >= 4 is 11.7 Å². The van der Waals surface area contributed by atoms with Crippen LogP contribution in [-0.4, -0.2) is 18.1 Å². The van der Waals surface area contributed by atoms with E-state index in [1.165, 1.54) is 11.1 Å². The summed E-state index contributed by atoms with van der Waals surface area (Å²) in [5.41, 5.74) is 5.55. The molecule has 0 atom stereocenters. The molecule has 0 aromatic heterocycles. The molecule has 0 fully saturated rings. The number of benzene rings is 2. The van der Waals surface area contributed by atoms with Crippen LogP contribution in [0.2, 0.25) is 0 Å². The largest absolute Gasteiger partial charge is 0.481 e. The molecule has 0 aliphatic carbocycles. The number of aryl methyl sites for hydroxylation is 2. The Hall–Kier alpha value is -2.29. The van der Waals surface area contributed by atoms with Crippen LogP contribution in [-0.2, 0) is 17.8 Å². The highest BCUT2D eigenvalue weighted by atomic mass is 16.4. The molecular weight excluding hydrogens is 262 g/mol. The first-order valence-electron chi connectivity index (χ1n) is 7.03. The molecule has 0 aliphatic heterocycles. The van der Waals surface area contributed by atoms with E-state index in [1.54, 1.807) is 0 Å². The van der Waals surface area contributed by atoms with E-state index in [4.69, 9.17) is 5.11 Å². The molecule has 3 heteroatoms. The number of carbonyl (C=O) groups is 1. The molecule has 110 valence electrons. The molecule has 3 nitrogen and oxygen atoms in total. The van der Waals surface area contributed by atoms with Crippen LogP contribution < -0.4 is 4.90 Å². The summed E-state index contributed by atoms with van der Waals surface area (Å²) < 4.78 is 0. The van der Waals surface area contributed by atoms with Gasteiger partial charge in [0.15, 0.2) is 0 Å². The average molecular weight is 283 g/mol. The lowest BCUT2D eigenvalue weighted by Crippen LogP contribution is -2.18. The third-order valence-corrected chi connectivity index (χ3v) is 3.51. The fourth-order valence-electron chi connectivity index (χ4n) is 2.56. The zero-order chi connectivity index (χ0) is 15.4. The van der Waals surface area contributed by atoms with Crippen LogP contribution >= 0.6 is 0 Å². The van der Waals surface area contributed by atoms with Crippen LogP contribution in [0.15, 0.2) is 42.5 Å². The molecule has 0 unspecified atom stereocenters. The standard InChI is InChI=1S/C18H21NO2/c1-13-8-14(2)10-17(9-13)19(3)12-16-7-5-4-6-15(16)11-18(20)21/h4-10H,11-12H2,1-3H3,(H,20,21). The molecule has 21 heavy (non-hydrogen) atoms. The highest BCUT2D eigenvalue weighted by molar-refractivity contribution is 5.70. The van der Waals surface area contributed by atoms with Crippen LogP contribution in [0.3, 0.4) is 0 Å². The molecule has 1 N–H and O–H groups in total. The first-order chi connectivity index (χ1) is 9.95. The first kappa shape index (κ1) is 15.1. The van der Waals surface area contributed by atoms with Gasteiger partial charge in [0.1, 0.15) is 0 Å². The molecule has 2 aromatic rings. The summed E-state index contributed by atoms with van der Waals surface area (Å²) in [5, 5.41) is 9.00. The third-order valence-electron chi connectivity index (χ3n) is 3.51. The summed E-state index contributed by atoms with van der Waals surface area (Å²) in [7, 11) is 2.03. The summed E-state index contributed by atoms with van der Waals surface area (Å²) in [4.78, 5) is 13.1. The van der Waals surface area contributed by atoms with Gasteiger partial charge in [-0.3, -0.25) is 4.79 Å². The predicted molar refractivity (Wildman–Crippen MR) is 85.8 cm³/mol. The molecule has 0 aliphatic rings. The Morgan fingerprint density at radius 2 is 1.62 bits per heavy atom. The van der Waals surface area contributed by atoms with Gasteiger partial charge in [-0.15, -0.1) is 0 Å². The molecule has 0 saturated heterocycles. The van der Waals surface area contributed by atoms with E-state index in [0.717, 1.165) is 16.8 Å². The number of carboxylic acid groups (broad SMARTS) is 1. The summed E-state index contributed by atoms with van der Waals surface area (Å²) >= 11 is 0. The van der Waals surface area contributed by atoms with Crippen molar-refractivity contribution < 1.29 is 9.90 Å². The van der Waals surface area contributed by atoms with Crippen LogP contribution in [0.5, 0.6) is 0 Å². The maximum absolute atomic E-state index is 11.0. The molecule has 0 saturated carbocycles. The topological polar surface area (TPSA) is 40.5 Å². The van der Waals surface area contributed by atoms with Gasteiger partial charge in [-0.05, 0) is 48.2 Å². The van der Waals surface area contributed by atoms with Crippen molar-refractivity contribution in [2.45, 2.75) is 26.8 Å². The second-order valence-corrected chi connectivity index (χ2v) is 5.54. The normalized spacial score (nSPS) is 10.4. The number of rotatable bonds is 5. The van der Waals surface area contributed by atoms with Crippen LogP contribution in [0.1, 0.15) is 22.3 Å². The van der Waals surface area contributed by atoms with Gasteiger partial charge in [0.2, 0.25) is 0 Å². The number of anilines is 1. The van der Waals surface area contributed by atoms with E-state index >= 15 is 0 Å². The van der Waals surface area contributed by atoms with E-state index in [2.05, 4.69) is 36.9 Å². The number of carboxylic acids is 1. The summed E-state index contributed by atoms with van der Waals surface area (Å²) in [6.07, 6.45) is 0.0663. The zero-order valence-electron chi connectivity index (χ0n) is 12.8. The van der Waals surface area contributed by atoms with E-state index in [0.29, 0.717) is 6.54 Å². The van der Waals surface area contributed by atoms with Crippen molar-refractivity contribution in [3.63, 3.8) is 0 Å². The number of hydrogen-bond donors (Lipinski definition) is 1. The molecule has 0 amide bonds. The maximum atomic E-state index is 11.0. The Balaban J connectivity index is 2.23. The fraction of sp³-hybridized carbons (Fsp3) is 0.278. The fourth-order valence-corrected chi connectivity index (χ4v) is 2.56. The minimum Gasteiger partial charge on any atom is -0.481 e. The van der Waals surface area contributed by atoms with Crippen LogP contribution in [0.25, 0.3) is 0 Å². The van der Waals surface area contributed by atoms with Gasteiger partial charge < -0.3 is 10.0 Å². The van der Waals surface area contributed by atoms with Crippen LogP contribution in [0, 0.1) is 13.8 Å². The molecule has 0 bridgehead atoms. The Labute approximate surface area is 125 Å². The van der Waals surface area contributed by atoms with Gasteiger partial charge in [0, 0.05) is 19.3 Å². The second-order valence-electron chi connectivity index (χ2n) is 5.54. The number of hydrogen-bond acceptors (Lipinski definition) is 2. The van der Waals surface area contributed by atoms with Crippen molar-refractivity contribution in [1.29, 1.82) is 0 Å². The second kappa shape index (κ2) is 6.44. The Bertz CT molecular complexity index is 629. The zero-order valence-corrected chi connectivity index (χ0v) is 12.8. The quantitative estimate of drug-likeness (QED) is 0.912. The lowest BCUT2D eigenvalue weighted by Gasteiger charge is -2.22. The van der Waals surface area contributed by atoms with Gasteiger partial charge in [0.25, 0.3) is 0 Å². The van der Waals surface area contributed by atoms with E-state index < -0.39 is 5.97 Å². The van der Waals surface area contributed by atoms with Gasteiger partial charge in [0.05, 0.1) is 6.42 Å². The number of aliphatic carboxylic acids is 1. The first-order valence-corrected chi connectivity index (χ1v) is 7.03. The van der Waals surface area contributed by atoms with Crippen molar-refractivity contribution in [2.24, 2.45) is 0 Å². The summed E-state index contributed by atoms with van der Waals surface area (Å²) in [6.45, 7) is 4.87. The molecular formula is C18H21NO2. The van der Waals surface area contributed by atoms with Crippen molar-refractivity contribution in [1.82, 2.24) is 0 Å². The Morgan fingerprint density at radius 3 is 2.19 bits per heavy atom. The van der Waals surface area contributed by atoms with Crippen molar-refractivity contribution in [2.75, 3.05) is 11.9 Å².